The molecule has 0 saturated carbocycles. The van der Waals surface area contributed by atoms with Gasteiger partial charge in [-0.1, -0.05) is 264 Å². The van der Waals surface area contributed by atoms with Gasteiger partial charge in [-0.25, -0.2) is 0 Å². The van der Waals surface area contributed by atoms with Gasteiger partial charge in [0, 0.05) is 0 Å². The molecule has 0 fully saturated rings. The van der Waals surface area contributed by atoms with Gasteiger partial charge >= 0.3 is 0 Å². The highest BCUT2D eigenvalue weighted by molar-refractivity contribution is 4.58. The second kappa shape index (κ2) is 42.0. The maximum atomic E-state index is 10.3. The highest BCUT2D eigenvalue weighted by atomic mass is 16.3. The first-order valence-electron chi connectivity index (χ1n) is 22.0. The van der Waals surface area contributed by atoms with E-state index < -0.39 is 0 Å². The van der Waals surface area contributed by atoms with E-state index in [4.69, 9.17) is 0 Å². The summed E-state index contributed by atoms with van der Waals surface area (Å²) >= 11 is 0. The highest BCUT2D eigenvalue weighted by Crippen LogP contribution is 2.18. The van der Waals surface area contributed by atoms with Crippen molar-refractivity contribution in [3.8, 4) is 0 Å². The Kier molecular flexibility index (Phi) is 41.9. The van der Waals surface area contributed by atoms with Gasteiger partial charge in [0.25, 0.3) is 0 Å². The van der Waals surface area contributed by atoms with Crippen molar-refractivity contribution in [3.05, 3.63) is 0 Å². The Morgan fingerprint density at radius 3 is 0.511 bits per heavy atom. The predicted octanol–water partition coefficient (Wildman–Crippen LogP) is 16.4. The van der Waals surface area contributed by atoms with Crippen LogP contribution in [0.3, 0.4) is 0 Å². The summed E-state index contributed by atoms with van der Waals surface area (Å²) in [5.74, 6) is 0. The van der Waals surface area contributed by atoms with Gasteiger partial charge in [0.1, 0.15) is 0 Å². The van der Waals surface area contributed by atoms with E-state index in [9.17, 15) is 5.11 Å². The Bertz CT molecular complexity index is 487. The van der Waals surface area contributed by atoms with Crippen LogP contribution in [0.5, 0.6) is 0 Å². The molecule has 0 heterocycles. The van der Waals surface area contributed by atoms with Crippen LogP contribution in [0, 0.1) is 0 Å². The smallest absolute Gasteiger partial charge is 0.0540 e. The normalized spacial score (nSPS) is 12.3. The van der Waals surface area contributed by atoms with Gasteiger partial charge in [0.05, 0.1) is 6.10 Å². The Morgan fingerprint density at radius 2 is 0.356 bits per heavy atom. The minimum atomic E-state index is -0.0358. The summed E-state index contributed by atoms with van der Waals surface area (Å²) in [5, 5.41) is 10.3. The molecule has 0 aromatic carbocycles. The van der Waals surface area contributed by atoms with Crippen molar-refractivity contribution in [3.63, 3.8) is 0 Å². The third kappa shape index (κ3) is 41.9. The molecule has 0 aliphatic rings. The average molecular weight is 635 g/mol. The molecule has 1 nitrogen and oxygen atoms in total. The molecule has 0 aliphatic heterocycles. The van der Waals surface area contributed by atoms with Crippen LogP contribution < -0.4 is 0 Å². The molecular weight excluding hydrogens is 544 g/mol. The lowest BCUT2D eigenvalue weighted by Gasteiger charge is -2.10. The van der Waals surface area contributed by atoms with E-state index in [2.05, 4.69) is 13.8 Å². The van der Waals surface area contributed by atoms with Crippen molar-refractivity contribution < 1.29 is 5.11 Å². The summed E-state index contributed by atoms with van der Waals surface area (Å²) in [5.41, 5.74) is 0. The molecule has 272 valence electrons. The molecule has 1 unspecified atom stereocenters. The summed E-state index contributed by atoms with van der Waals surface area (Å²) in [7, 11) is 0. The lowest BCUT2D eigenvalue weighted by atomic mass is 10.0. The average Bonchev–Trinajstić information content (AvgIpc) is 3.05. The third-order valence-corrected chi connectivity index (χ3v) is 10.5. The fourth-order valence-corrected chi connectivity index (χ4v) is 7.24. The lowest BCUT2D eigenvalue weighted by Crippen LogP contribution is -2.05. The first-order valence-corrected chi connectivity index (χ1v) is 22.0. The van der Waals surface area contributed by atoms with Gasteiger partial charge in [-0.15, -0.1) is 0 Å². The molecule has 0 amide bonds. The molecule has 0 aliphatic carbocycles. The van der Waals surface area contributed by atoms with Gasteiger partial charge in [0.15, 0.2) is 0 Å². The van der Waals surface area contributed by atoms with E-state index >= 15 is 0 Å². The van der Waals surface area contributed by atoms with Crippen LogP contribution in [0.25, 0.3) is 0 Å². The van der Waals surface area contributed by atoms with Crippen LogP contribution in [0.4, 0.5) is 0 Å². The number of aliphatic hydroxyl groups is 1. The highest BCUT2D eigenvalue weighted by Gasteiger charge is 2.04. The SMILES string of the molecule is CCCCCCCCCCCCCCCCCCCCCCC(O)CCCCCCCCCCCCCCCCCCCCC. The van der Waals surface area contributed by atoms with E-state index in [-0.39, 0.29) is 6.10 Å². The maximum Gasteiger partial charge on any atom is 0.0540 e. The standard InChI is InChI=1S/C44H90O/c1-3-5-7-9-11-13-15-17-19-21-23-25-27-29-31-33-35-37-39-41-43-44(45)42-40-38-36-34-32-30-28-26-24-22-20-18-16-14-12-10-8-6-4-2/h44-45H,3-43H2,1-2H3. The number of hydrogen-bond donors (Lipinski definition) is 1. The Hall–Kier alpha value is -0.0400. The Balaban J connectivity index is 3.13. The molecule has 0 bridgehead atoms. The van der Waals surface area contributed by atoms with Crippen LogP contribution in [-0.2, 0) is 0 Å². The van der Waals surface area contributed by atoms with Crippen molar-refractivity contribution >= 4 is 0 Å². The second-order valence-electron chi connectivity index (χ2n) is 15.3. The zero-order chi connectivity index (χ0) is 32.6. The molecule has 1 heteroatoms. The molecule has 1 atom stereocenters. The van der Waals surface area contributed by atoms with Crippen molar-refractivity contribution in [2.45, 2.75) is 283 Å². The Labute approximate surface area is 287 Å². The van der Waals surface area contributed by atoms with Crippen molar-refractivity contribution in [1.82, 2.24) is 0 Å². The van der Waals surface area contributed by atoms with Crippen molar-refractivity contribution in [1.29, 1.82) is 0 Å². The number of rotatable bonds is 41. The predicted molar refractivity (Wildman–Crippen MR) is 207 cm³/mol. The van der Waals surface area contributed by atoms with E-state index in [0.29, 0.717) is 0 Å². The summed E-state index contributed by atoms with van der Waals surface area (Å²) in [4.78, 5) is 0. The van der Waals surface area contributed by atoms with Gasteiger partial charge in [-0.05, 0) is 12.8 Å². The summed E-state index contributed by atoms with van der Waals surface area (Å²) in [6, 6.07) is 0. The molecule has 0 spiro atoms. The topological polar surface area (TPSA) is 20.2 Å². The minimum absolute atomic E-state index is 0.0358. The van der Waals surface area contributed by atoms with Crippen LogP contribution in [0.2, 0.25) is 0 Å². The van der Waals surface area contributed by atoms with Gasteiger partial charge < -0.3 is 5.11 Å². The van der Waals surface area contributed by atoms with Crippen molar-refractivity contribution in [2.24, 2.45) is 0 Å². The van der Waals surface area contributed by atoms with Gasteiger partial charge in [-0.2, -0.15) is 0 Å². The fourth-order valence-electron chi connectivity index (χ4n) is 7.24. The maximum absolute atomic E-state index is 10.3. The van der Waals surface area contributed by atoms with E-state index in [1.54, 1.807) is 0 Å². The number of aliphatic hydroxyl groups excluding tert-OH is 1. The van der Waals surface area contributed by atoms with Crippen LogP contribution in [-0.4, -0.2) is 11.2 Å². The second-order valence-corrected chi connectivity index (χ2v) is 15.3. The largest absolute Gasteiger partial charge is 0.393 e. The molecular formula is C44H90O. The third-order valence-electron chi connectivity index (χ3n) is 10.5. The van der Waals surface area contributed by atoms with E-state index in [0.717, 1.165) is 12.8 Å². The molecule has 0 aromatic heterocycles. The monoisotopic (exact) mass is 635 g/mol. The van der Waals surface area contributed by atoms with Crippen molar-refractivity contribution in [2.75, 3.05) is 0 Å². The molecule has 0 radical (unpaired) electrons. The van der Waals surface area contributed by atoms with E-state index in [1.807, 2.05) is 0 Å². The van der Waals surface area contributed by atoms with Gasteiger partial charge in [0.2, 0.25) is 0 Å². The zero-order valence-corrected chi connectivity index (χ0v) is 32.0. The molecule has 0 rings (SSSR count). The van der Waals surface area contributed by atoms with Crippen LogP contribution in [0.15, 0.2) is 0 Å². The zero-order valence-electron chi connectivity index (χ0n) is 32.0. The summed E-state index contributed by atoms with van der Waals surface area (Å²) < 4.78 is 0. The quantitative estimate of drug-likeness (QED) is 0.0663. The van der Waals surface area contributed by atoms with Crippen LogP contribution >= 0.6 is 0 Å². The fraction of sp³-hybridized carbons (Fsp3) is 1.00. The molecule has 1 N–H and O–H groups in total. The summed E-state index contributed by atoms with van der Waals surface area (Å²) in [6.45, 7) is 4.61. The van der Waals surface area contributed by atoms with Crippen LogP contribution in [0.1, 0.15) is 277 Å². The Morgan fingerprint density at radius 1 is 0.222 bits per heavy atom. The molecule has 0 saturated heterocycles. The molecule has 0 aromatic rings. The summed E-state index contributed by atoms with van der Waals surface area (Å²) in [6.07, 6.45) is 57.9. The minimum Gasteiger partial charge on any atom is -0.393 e. The first kappa shape index (κ1) is 45.0. The molecule has 45 heavy (non-hydrogen) atoms. The number of unbranched alkanes of at least 4 members (excludes halogenated alkanes) is 37. The first-order chi connectivity index (χ1) is 22.3. The van der Waals surface area contributed by atoms with E-state index in [1.165, 1.54) is 250 Å². The lowest BCUT2D eigenvalue weighted by molar-refractivity contribution is 0.147. The van der Waals surface area contributed by atoms with Gasteiger partial charge in [-0.3, -0.25) is 0 Å². The number of hydrogen-bond acceptors (Lipinski definition) is 1.